The van der Waals surface area contributed by atoms with E-state index in [-0.39, 0.29) is 52.2 Å². The van der Waals surface area contributed by atoms with E-state index in [1.165, 1.54) is 0 Å². The zero-order valence-corrected chi connectivity index (χ0v) is 14.0. The van der Waals surface area contributed by atoms with Crippen LogP contribution in [0, 0.1) is 0 Å². The van der Waals surface area contributed by atoms with Crippen LogP contribution in [-0.4, -0.2) is 58.2 Å². The van der Waals surface area contributed by atoms with Crippen molar-refractivity contribution < 1.29 is 42.0 Å². The summed E-state index contributed by atoms with van der Waals surface area (Å²) in [6, 6.07) is 0. The topological polar surface area (TPSA) is 114 Å². The van der Waals surface area contributed by atoms with E-state index < -0.39 is 13.6 Å². The van der Waals surface area contributed by atoms with Gasteiger partial charge in [0.05, 0.1) is 33.0 Å². The van der Waals surface area contributed by atoms with Crippen molar-refractivity contribution in [1.29, 1.82) is 0 Å². The summed E-state index contributed by atoms with van der Waals surface area (Å²) in [5.74, 6) is -0.577. The summed E-state index contributed by atoms with van der Waals surface area (Å²) >= 11 is 0. The van der Waals surface area contributed by atoms with Gasteiger partial charge in [0.2, 0.25) is 0 Å². The fraction of sp³-hybridized carbons (Fsp3) is 0.769. The van der Waals surface area contributed by atoms with Gasteiger partial charge >= 0.3 is 14.3 Å². The quantitative estimate of drug-likeness (QED) is 0.165. The summed E-state index contributed by atoms with van der Waals surface area (Å²) in [5, 5.41) is 0. The smallest absolute Gasteiger partial charge is 0.379 e. The van der Waals surface area contributed by atoms with E-state index >= 15 is 0 Å². The van der Waals surface area contributed by atoms with Crippen LogP contribution < -0.4 is 0 Å². The maximum Gasteiger partial charge on any atom is 0.532 e. The van der Waals surface area contributed by atoms with Crippen molar-refractivity contribution in [2.24, 2.45) is 0 Å². The summed E-state index contributed by atoms with van der Waals surface area (Å²) in [4.78, 5) is 31.1. The molecule has 0 fully saturated rings. The number of phosphoric acid groups is 1. The van der Waals surface area contributed by atoms with E-state index in [9.17, 15) is 18.9 Å². The molecule has 134 valence electrons. The largest absolute Gasteiger partial charge is 0.532 e. The van der Waals surface area contributed by atoms with E-state index in [0.717, 1.165) is 12.8 Å². The van der Waals surface area contributed by atoms with Crippen molar-refractivity contribution in [3.8, 4) is 0 Å². The Morgan fingerprint density at radius 3 is 2.09 bits per heavy atom. The molecule has 1 atom stereocenters. The predicted octanol–water partition coefficient (Wildman–Crippen LogP) is 1.29. The Kier molecular flexibility index (Phi) is 13.8. The van der Waals surface area contributed by atoms with Gasteiger partial charge in [-0.2, -0.15) is 0 Å². The van der Waals surface area contributed by atoms with Crippen LogP contribution in [-0.2, 0) is 42.0 Å². The van der Waals surface area contributed by atoms with E-state index in [2.05, 4.69) is 4.52 Å². The van der Waals surface area contributed by atoms with Crippen LogP contribution in [0.3, 0.4) is 0 Å². The minimum atomic E-state index is -4.00. The first-order valence-corrected chi connectivity index (χ1v) is 8.68. The molecule has 0 aromatic carbocycles. The van der Waals surface area contributed by atoms with Crippen LogP contribution in [0.1, 0.15) is 26.2 Å². The van der Waals surface area contributed by atoms with Gasteiger partial charge in [0.15, 0.2) is 12.1 Å². The first-order chi connectivity index (χ1) is 11.1. The number of aldehydes is 1. The van der Waals surface area contributed by atoms with Gasteiger partial charge in [-0.1, -0.05) is 13.3 Å². The molecule has 0 aromatic rings. The molecule has 0 spiro atoms. The third kappa shape index (κ3) is 13.1. The van der Waals surface area contributed by atoms with Crippen molar-refractivity contribution in [1.82, 2.24) is 0 Å². The van der Waals surface area contributed by atoms with Gasteiger partial charge in [0, 0.05) is 13.0 Å². The van der Waals surface area contributed by atoms with Gasteiger partial charge in [0.25, 0.3) is 0 Å². The molecule has 0 saturated heterocycles. The predicted molar refractivity (Wildman–Crippen MR) is 78.9 cm³/mol. The number of ketones is 1. The van der Waals surface area contributed by atoms with Gasteiger partial charge in [-0.25, -0.2) is 4.57 Å². The maximum atomic E-state index is 12.0. The standard InChI is InChI=1S/C13H23O9P/c1-2-3-5-18-7-9-20-23(17,22-12-15)21-10-8-19-6-4-13(16)11-14/h11-12H,2-10H2,1H3. The number of rotatable bonds is 17. The lowest BCUT2D eigenvalue weighted by Crippen LogP contribution is -2.11. The highest BCUT2D eigenvalue weighted by Crippen LogP contribution is 2.48. The number of phosphoric ester groups is 1. The molecule has 10 heteroatoms. The fourth-order valence-corrected chi connectivity index (χ4v) is 2.15. The van der Waals surface area contributed by atoms with E-state index in [4.69, 9.17) is 18.5 Å². The number of ether oxygens (including phenoxy) is 2. The summed E-state index contributed by atoms with van der Waals surface area (Å²) in [6.07, 6.45) is 2.07. The summed E-state index contributed by atoms with van der Waals surface area (Å²) in [5.41, 5.74) is 0. The lowest BCUT2D eigenvalue weighted by molar-refractivity contribution is -0.130. The molecule has 0 aliphatic heterocycles. The maximum absolute atomic E-state index is 12.0. The highest BCUT2D eigenvalue weighted by Gasteiger charge is 2.27. The highest BCUT2D eigenvalue weighted by molar-refractivity contribution is 7.49. The number of hydrogen-bond donors (Lipinski definition) is 0. The SMILES string of the molecule is CCCCOCCOP(=O)(OC=O)OCCOCCC(=O)C=O. The Bertz CT molecular complexity index is 386. The first kappa shape index (κ1) is 21.9. The third-order valence-corrected chi connectivity index (χ3v) is 3.73. The minimum absolute atomic E-state index is 0.00525. The Hall–Kier alpha value is -1.12. The second-order valence-corrected chi connectivity index (χ2v) is 5.85. The highest BCUT2D eigenvalue weighted by atomic mass is 31.2. The molecular formula is C13H23O9P. The Labute approximate surface area is 135 Å². The van der Waals surface area contributed by atoms with E-state index in [1.54, 1.807) is 0 Å². The van der Waals surface area contributed by atoms with Gasteiger partial charge in [-0.05, 0) is 6.42 Å². The number of unbranched alkanes of at least 4 members (excludes halogenated alkanes) is 1. The van der Waals surface area contributed by atoms with Crippen LogP contribution in [0.15, 0.2) is 0 Å². The van der Waals surface area contributed by atoms with Crippen LogP contribution in [0.2, 0.25) is 0 Å². The number of carbonyl (C=O) groups excluding carboxylic acids is 3. The minimum Gasteiger partial charge on any atom is -0.379 e. The fourth-order valence-electron chi connectivity index (χ4n) is 1.25. The normalized spacial score (nSPS) is 13.3. The average Bonchev–Trinajstić information content (AvgIpc) is 2.54. The van der Waals surface area contributed by atoms with Gasteiger partial charge in [-0.15, -0.1) is 0 Å². The molecule has 9 nitrogen and oxygen atoms in total. The van der Waals surface area contributed by atoms with Crippen LogP contribution in [0.25, 0.3) is 0 Å². The molecule has 23 heavy (non-hydrogen) atoms. The molecule has 0 rings (SSSR count). The molecule has 0 amide bonds. The van der Waals surface area contributed by atoms with Gasteiger partial charge in [0.1, 0.15) is 0 Å². The third-order valence-electron chi connectivity index (χ3n) is 2.39. The molecule has 0 saturated carbocycles. The number of Topliss-reactive ketones (excluding diaryl/α,β-unsaturated/α-hetero) is 1. The molecule has 0 heterocycles. The molecule has 0 aliphatic rings. The second kappa shape index (κ2) is 14.5. The van der Waals surface area contributed by atoms with Gasteiger partial charge in [-0.3, -0.25) is 23.4 Å². The monoisotopic (exact) mass is 354 g/mol. The van der Waals surface area contributed by atoms with Crippen LogP contribution in [0.4, 0.5) is 0 Å². The lowest BCUT2D eigenvalue weighted by Gasteiger charge is -2.15. The van der Waals surface area contributed by atoms with Crippen LogP contribution in [0.5, 0.6) is 0 Å². The zero-order chi connectivity index (χ0) is 17.4. The molecule has 0 aromatic heterocycles. The Balaban J connectivity index is 3.85. The van der Waals surface area contributed by atoms with E-state index in [1.807, 2.05) is 6.92 Å². The lowest BCUT2D eigenvalue weighted by atomic mass is 10.3. The second-order valence-electron chi connectivity index (χ2n) is 4.23. The molecule has 0 aliphatic carbocycles. The molecule has 1 unspecified atom stereocenters. The molecular weight excluding hydrogens is 331 g/mol. The average molecular weight is 354 g/mol. The summed E-state index contributed by atoms with van der Waals surface area (Å²) in [6.45, 7) is 2.56. The van der Waals surface area contributed by atoms with Crippen LogP contribution >= 0.6 is 7.82 Å². The summed E-state index contributed by atoms with van der Waals surface area (Å²) in [7, 11) is -4.00. The molecule has 0 radical (unpaired) electrons. The number of carbonyl (C=O) groups is 3. The Morgan fingerprint density at radius 1 is 0.957 bits per heavy atom. The first-order valence-electron chi connectivity index (χ1n) is 7.22. The van der Waals surface area contributed by atoms with E-state index in [0.29, 0.717) is 6.61 Å². The van der Waals surface area contributed by atoms with Crippen molar-refractivity contribution in [2.45, 2.75) is 26.2 Å². The summed E-state index contributed by atoms with van der Waals surface area (Å²) < 4.78 is 36.3. The van der Waals surface area contributed by atoms with Crippen molar-refractivity contribution in [3.05, 3.63) is 0 Å². The molecule has 0 bridgehead atoms. The Morgan fingerprint density at radius 2 is 1.57 bits per heavy atom. The van der Waals surface area contributed by atoms with Crippen molar-refractivity contribution in [2.75, 3.05) is 39.6 Å². The van der Waals surface area contributed by atoms with Crippen molar-refractivity contribution in [3.63, 3.8) is 0 Å². The number of hydrogen-bond acceptors (Lipinski definition) is 9. The van der Waals surface area contributed by atoms with Gasteiger partial charge < -0.3 is 14.0 Å². The van der Waals surface area contributed by atoms with Crippen molar-refractivity contribution >= 4 is 26.4 Å². The molecule has 0 N–H and O–H groups in total. The zero-order valence-electron chi connectivity index (χ0n) is 13.1.